The maximum absolute atomic E-state index is 5.41. The molecule has 1 aliphatic rings. The Bertz CT molecular complexity index is 621. The van der Waals surface area contributed by atoms with Crippen LogP contribution in [0.15, 0.2) is 30.5 Å². The molecule has 22 heavy (non-hydrogen) atoms. The minimum atomic E-state index is 0.375. The van der Waals surface area contributed by atoms with E-state index in [1.165, 1.54) is 16.8 Å². The molecule has 3 rings (SSSR count). The molecule has 2 heterocycles. The number of ether oxygens (including phenoxy) is 2. The van der Waals surface area contributed by atoms with E-state index in [1.807, 2.05) is 30.1 Å². The van der Waals surface area contributed by atoms with E-state index in [-0.39, 0.29) is 0 Å². The lowest BCUT2D eigenvalue weighted by Crippen LogP contribution is -2.35. The molecule has 0 spiro atoms. The molecule has 0 aliphatic carbocycles. The molecular weight excluding hydrogens is 278 g/mol. The number of methoxy groups -OCH3 is 2. The predicted molar refractivity (Wildman–Crippen MR) is 84.9 cm³/mol. The van der Waals surface area contributed by atoms with Gasteiger partial charge in [0.25, 0.3) is 0 Å². The minimum absolute atomic E-state index is 0.375. The second-order valence-corrected chi connectivity index (χ2v) is 5.85. The molecule has 5 heteroatoms. The monoisotopic (exact) mass is 301 g/mol. The zero-order valence-corrected chi connectivity index (χ0v) is 13.5. The van der Waals surface area contributed by atoms with Gasteiger partial charge in [-0.05, 0) is 17.7 Å². The average Bonchev–Trinajstić information content (AvgIpc) is 2.90. The molecule has 1 unspecified atom stereocenters. The molecule has 0 radical (unpaired) electrons. The SMILES string of the molecule is COCC1CN(Cc2ccc(OC)cc2)Cc2cnn(C)c21. The summed E-state index contributed by atoms with van der Waals surface area (Å²) in [5.41, 5.74) is 3.92. The van der Waals surface area contributed by atoms with Crippen LogP contribution < -0.4 is 4.74 Å². The van der Waals surface area contributed by atoms with Crippen molar-refractivity contribution in [2.75, 3.05) is 27.4 Å². The number of nitrogens with zero attached hydrogens (tertiary/aromatic N) is 3. The predicted octanol–water partition coefficient (Wildman–Crippen LogP) is 2.17. The first-order valence-corrected chi connectivity index (χ1v) is 7.56. The molecule has 0 amide bonds. The van der Waals surface area contributed by atoms with Crippen molar-refractivity contribution in [3.05, 3.63) is 47.3 Å². The Balaban J connectivity index is 1.75. The minimum Gasteiger partial charge on any atom is -0.497 e. The molecular formula is C17H23N3O2. The van der Waals surface area contributed by atoms with Crippen LogP contribution in [-0.4, -0.2) is 42.1 Å². The van der Waals surface area contributed by atoms with E-state index in [2.05, 4.69) is 22.1 Å². The van der Waals surface area contributed by atoms with Crippen LogP contribution in [0.25, 0.3) is 0 Å². The number of aromatic nitrogens is 2. The van der Waals surface area contributed by atoms with Gasteiger partial charge >= 0.3 is 0 Å². The number of rotatable bonds is 5. The molecule has 1 aliphatic heterocycles. The number of hydrogen-bond acceptors (Lipinski definition) is 4. The second kappa shape index (κ2) is 6.50. The van der Waals surface area contributed by atoms with Gasteiger partial charge in [0, 0.05) is 51.0 Å². The van der Waals surface area contributed by atoms with Crippen LogP contribution in [0.1, 0.15) is 22.7 Å². The van der Waals surface area contributed by atoms with Gasteiger partial charge in [0.15, 0.2) is 0 Å². The van der Waals surface area contributed by atoms with E-state index < -0.39 is 0 Å². The smallest absolute Gasteiger partial charge is 0.118 e. The lowest BCUT2D eigenvalue weighted by atomic mass is 9.96. The van der Waals surface area contributed by atoms with Crippen LogP contribution >= 0.6 is 0 Å². The fourth-order valence-electron chi connectivity index (χ4n) is 3.29. The molecule has 1 aromatic carbocycles. The van der Waals surface area contributed by atoms with Crippen molar-refractivity contribution in [3.63, 3.8) is 0 Å². The molecule has 0 saturated carbocycles. The second-order valence-electron chi connectivity index (χ2n) is 5.85. The van der Waals surface area contributed by atoms with Gasteiger partial charge in [0.05, 0.1) is 19.9 Å². The quantitative estimate of drug-likeness (QED) is 0.848. The highest BCUT2D eigenvalue weighted by Gasteiger charge is 2.28. The van der Waals surface area contributed by atoms with E-state index in [9.17, 15) is 0 Å². The molecule has 2 aromatic rings. The molecule has 0 N–H and O–H groups in total. The van der Waals surface area contributed by atoms with Crippen molar-refractivity contribution in [3.8, 4) is 5.75 Å². The maximum atomic E-state index is 5.41. The summed E-state index contributed by atoms with van der Waals surface area (Å²) in [7, 11) is 5.47. The summed E-state index contributed by atoms with van der Waals surface area (Å²) >= 11 is 0. The van der Waals surface area contributed by atoms with Crippen molar-refractivity contribution in [2.24, 2.45) is 7.05 Å². The first-order valence-electron chi connectivity index (χ1n) is 7.56. The molecule has 5 nitrogen and oxygen atoms in total. The molecule has 118 valence electrons. The van der Waals surface area contributed by atoms with Crippen LogP contribution in [0, 0.1) is 0 Å². The molecule has 1 aromatic heterocycles. The highest BCUT2D eigenvalue weighted by atomic mass is 16.5. The lowest BCUT2D eigenvalue weighted by molar-refractivity contribution is 0.132. The first-order chi connectivity index (χ1) is 10.7. The Morgan fingerprint density at radius 3 is 2.68 bits per heavy atom. The maximum Gasteiger partial charge on any atom is 0.118 e. The van der Waals surface area contributed by atoms with E-state index in [0.29, 0.717) is 5.92 Å². The van der Waals surface area contributed by atoms with Crippen LogP contribution in [0.5, 0.6) is 5.75 Å². The highest BCUT2D eigenvalue weighted by molar-refractivity contribution is 5.29. The number of benzene rings is 1. The largest absolute Gasteiger partial charge is 0.497 e. The molecule has 1 atom stereocenters. The van der Waals surface area contributed by atoms with Crippen molar-refractivity contribution in [2.45, 2.75) is 19.0 Å². The summed E-state index contributed by atoms with van der Waals surface area (Å²) < 4.78 is 12.6. The van der Waals surface area contributed by atoms with E-state index in [0.717, 1.165) is 32.0 Å². The third-order valence-electron chi connectivity index (χ3n) is 4.26. The van der Waals surface area contributed by atoms with Crippen molar-refractivity contribution in [1.82, 2.24) is 14.7 Å². The van der Waals surface area contributed by atoms with E-state index in [4.69, 9.17) is 9.47 Å². The van der Waals surface area contributed by atoms with Gasteiger partial charge in [0.2, 0.25) is 0 Å². The molecule has 0 fully saturated rings. The first kappa shape index (κ1) is 15.1. The topological polar surface area (TPSA) is 39.5 Å². The van der Waals surface area contributed by atoms with Crippen LogP contribution in [-0.2, 0) is 24.9 Å². The third-order valence-corrected chi connectivity index (χ3v) is 4.26. The lowest BCUT2D eigenvalue weighted by Gasteiger charge is -2.32. The number of aryl methyl sites for hydroxylation is 1. The van der Waals surface area contributed by atoms with E-state index in [1.54, 1.807) is 14.2 Å². The van der Waals surface area contributed by atoms with Gasteiger partial charge in [-0.25, -0.2) is 0 Å². The van der Waals surface area contributed by atoms with Crippen LogP contribution in [0.4, 0.5) is 0 Å². The highest BCUT2D eigenvalue weighted by Crippen LogP contribution is 2.29. The van der Waals surface area contributed by atoms with Gasteiger partial charge in [-0.1, -0.05) is 12.1 Å². The van der Waals surface area contributed by atoms with Gasteiger partial charge in [-0.15, -0.1) is 0 Å². The normalized spacial score (nSPS) is 18.2. The van der Waals surface area contributed by atoms with Gasteiger partial charge < -0.3 is 9.47 Å². The Morgan fingerprint density at radius 2 is 2.00 bits per heavy atom. The summed E-state index contributed by atoms with van der Waals surface area (Å²) in [4.78, 5) is 2.45. The van der Waals surface area contributed by atoms with Crippen LogP contribution in [0.3, 0.4) is 0 Å². The number of fused-ring (bicyclic) bond motifs is 1. The summed E-state index contributed by atoms with van der Waals surface area (Å²) in [6.45, 7) is 3.59. The fourth-order valence-corrected chi connectivity index (χ4v) is 3.29. The molecule has 0 saturated heterocycles. The third kappa shape index (κ3) is 3.00. The van der Waals surface area contributed by atoms with E-state index >= 15 is 0 Å². The summed E-state index contributed by atoms with van der Waals surface area (Å²) in [5.74, 6) is 1.27. The fraction of sp³-hybridized carbons (Fsp3) is 0.471. The summed E-state index contributed by atoms with van der Waals surface area (Å²) in [5, 5.41) is 4.41. The van der Waals surface area contributed by atoms with Crippen LogP contribution in [0.2, 0.25) is 0 Å². The Kier molecular flexibility index (Phi) is 4.45. The molecule has 0 bridgehead atoms. The Morgan fingerprint density at radius 1 is 1.23 bits per heavy atom. The Hall–Kier alpha value is -1.85. The average molecular weight is 301 g/mol. The standard InChI is InChI=1S/C17H23N3O2/c1-19-17-14(8-18-19)10-20(11-15(17)12-21-2)9-13-4-6-16(22-3)7-5-13/h4-8,15H,9-12H2,1-3H3. The van der Waals surface area contributed by atoms with Crippen molar-refractivity contribution < 1.29 is 9.47 Å². The van der Waals surface area contributed by atoms with Crippen molar-refractivity contribution in [1.29, 1.82) is 0 Å². The summed E-state index contributed by atoms with van der Waals surface area (Å²) in [6, 6.07) is 8.29. The zero-order chi connectivity index (χ0) is 15.5. The van der Waals surface area contributed by atoms with Crippen molar-refractivity contribution >= 4 is 0 Å². The summed E-state index contributed by atoms with van der Waals surface area (Å²) in [6.07, 6.45) is 1.98. The van der Waals surface area contributed by atoms with Gasteiger partial charge in [-0.2, -0.15) is 5.10 Å². The van der Waals surface area contributed by atoms with Gasteiger partial charge in [-0.3, -0.25) is 9.58 Å². The zero-order valence-electron chi connectivity index (χ0n) is 13.5. The number of hydrogen-bond donors (Lipinski definition) is 0. The van der Waals surface area contributed by atoms with Gasteiger partial charge in [0.1, 0.15) is 5.75 Å². The Labute approximate surface area is 131 Å².